The van der Waals surface area contributed by atoms with E-state index in [2.05, 4.69) is 25.8 Å². The molecule has 77 valence electrons. The molecule has 0 aromatic carbocycles. The maximum Gasteiger partial charge on any atom is 0.0701 e. The number of aliphatic hydroxyl groups excluding tert-OH is 1. The Morgan fingerprint density at radius 1 is 1.38 bits per heavy atom. The Morgan fingerprint density at radius 2 is 1.92 bits per heavy atom. The zero-order valence-electron chi connectivity index (χ0n) is 8.57. The first-order chi connectivity index (χ1) is 6.15. The average molecular weight is 186 g/mol. The summed E-state index contributed by atoms with van der Waals surface area (Å²) < 4.78 is 5.52. The summed E-state index contributed by atoms with van der Waals surface area (Å²) in [6.45, 7) is 4.91. The van der Waals surface area contributed by atoms with Crippen molar-refractivity contribution in [2.45, 2.75) is 44.9 Å². The fraction of sp³-hybridized carbons (Fsp3) is 0.900. The Morgan fingerprint density at radius 3 is 2.38 bits per heavy atom. The van der Waals surface area contributed by atoms with E-state index >= 15 is 0 Å². The van der Waals surface area contributed by atoms with Gasteiger partial charge in [-0.2, -0.15) is 0 Å². The van der Waals surface area contributed by atoms with Crippen molar-refractivity contribution in [2.24, 2.45) is 0 Å². The Balaban J connectivity index is 2.35. The van der Waals surface area contributed by atoms with Gasteiger partial charge in [-0.1, -0.05) is 0 Å². The van der Waals surface area contributed by atoms with Gasteiger partial charge in [-0.25, -0.2) is 0 Å². The third-order valence-corrected chi connectivity index (χ3v) is 2.79. The number of rotatable bonds is 3. The van der Waals surface area contributed by atoms with E-state index in [0.717, 1.165) is 12.8 Å². The second-order valence-corrected chi connectivity index (χ2v) is 3.90. The lowest BCUT2D eigenvalue weighted by atomic mass is 9.95. The standard InChI is InChI=1S/C10H20NO2/c1-8-6-10(13-5-4-12)7-9(2)11(8)3/h8-10,12H,3-7H2,1-2H3. The zero-order valence-corrected chi connectivity index (χ0v) is 8.57. The molecule has 1 aliphatic heterocycles. The molecule has 1 aliphatic rings. The van der Waals surface area contributed by atoms with Crippen molar-refractivity contribution in [1.29, 1.82) is 0 Å². The molecular formula is C10H20NO2. The second-order valence-electron chi connectivity index (χ2n) is 3.90. The maximum absolute atomic E-state index is 8.63. The molecule has 1 N–H and O–H groups in total. The molecule has 2 unspecified atom stereocenters. The van der Waals surface area contributed by atoms with Crippen LogP contribution in [0.2, 0.25) is 0 Å². The van der Waals surface area contributed by atoms with Crippen molar-refractivity contribution < 1.29 is 9.84 Å². The molecule has 3 heteroatoms. The fourth-order valence-corrected chi connectivity index (χ4v) is 1.92. The van der Waals surface area contributed by atoms with Gasteiger partial charge in [-0.15, -0.1) is 0 Å². The highest BCUT2D eigenvalue weighted by atomic mass is 16.5. The summed E-state index contributed by atoms with van der Waals surface area (Å²) in [5.41, 5.74) is 0. The van der Waals surface area contributed by atoms with Gasteiger partial charge in [0, 0.05) is 19.1 Å². The van der Waals surface area contributed by atoms with E-state index in [1.165, 1.54) is 0 Å². The average Bonchev–Trinajstić information content (AvgIpc) is 2.10. The molecule has 1 fully saturated rings. The lowest BCUT2D eigenvalue weighted by Gasteiger charge is -2.39. The molecule has 1 heterocycles. The van der Waals surface area contributed by atoms with Gasteiger partial charge < -0.3 is 9.84 Å². The highest BCUT2D eigenvalue weighted by molar-refractivity contribution is 4.84. The van der Waals surface area contributed by atoms with Crippen LogP contribution in [0.25, 0.3) is 0 Å². The van der Waals surface area contributed by atoms with Crippen LogP contribution in [0.5, 0.6) is 0 Å². The van der Waals surface area contributed by atoms with Crippen molar-refractivity contribution in [3.63, 3.8) is 0 Å². The molecule has 3 nitrogen and oxygen atoms in total. The molecule has 0 aromatic rings. The fourth-order valence-electron chi connectivity index (χ4n) is 1.92. The molecule has 2 atom stereocenters. The first-order valence-corrected chi connectivity index (χ1v) is 4.96. The smallest absolute Gasteiger partial charge is 0.0701 e. The SMILES string of the molecule is [CH2]N1C(C)CC(OCCO)CC1C. The lowest BCUT2D eigenvalue weighted by Crippen LogP contribution is -2.45. The van der Waals surface area contributed by atoms with Gasteiger partial charge >= 0.3 is 0 Å². The van der Waals surface area contributed by atoms with Crippen molar-refractivity contribution in [2.75, 3.05) is 13.2 Å². The molecule has 0 aromatic heterocycles. The monoisotopic (exact) mass is 186 g/mol. The van der Waals surface area contributed by atoms with Gasteiger partial charge in [-0.3, -0.25) is 4.90 Å². The number of likely N-dealkylation sites (tertiary alicyclic amines) is 1. The number of hydrogen-bond acceptors (Lipinski definition) is 3. The second kappa shape index (κ2) is 4.94. The van der Waals surface area contributed by atoms with Crippen molar-refractivity contribution in [3.8, 4) is 0 Å². The zero-order chi connectivity index (χ0) is 9.84. The summed E-state index contributed by atoms with van der Waals surface area (Å²) in [5, 5.41) is 8.63. The number of piperidine rings is 1. The Kier molecular flexibility index (Phi) is 4.16. The summed E-state index contributed by atoms with van der Waals surface area (Å²) in [5.74, 6) is 0. The highest BCUT2D eigenvalue weighted by Crippen LogP contribution is 2.23. The molecule has 1 radical (unpaired) electrons. The first kappa shape index (κ1) is 11.0. The van der Waals surface area contributed by atoms with Crippen molar-refractivity contribution >= 4 is 0 Å². The largest absolute Gasteiger partial charge is 0.394 e. The van der Waals surface area contributed by atoms with Gasteiger partial charge in [0.2, 0.25) is 0 Å². The van der Waals surface area contributed by atoms with Crippen LogP contribution < -0.4 is 0 Å². The van der Waals surface area contributed by atoms with E-state index in [9.17, 15) is 0 Å². The quantitative estimate of drug-likeness (QED) is 0.714. The number of aliphatic hydroxyl groups is 1. The Hall–Kier alpha value is -0.120. The minimum absolute atomic E-state index is 0.118. The van der Waals surface area contributed by atoms with E-state index < -0.39 is 0 Å². The summed E-state index contributed by atoms with van der Waals surface area (Å²) in [4.78, 5) is 2.14. The van der Waals surface area contributed by atoms with Crippen LogP contribution in [0.1, 0.15) is 26.7 Å². The van der Waals surface area contributed by atoms with Crippen LogP contribution in [0.15, 0.2) is 0 Å². The topological polar surface area (TPSA) is 32.7 Å². The van der Waals surface area contributed by atoms with Crippen LogP contribution in [-0.4, -0.2) is 41.4 Å². The van der Waals surface area contributed by atoms with Gasteiger partial charge in [-0.05, 0) is 26.7 Å². The van der Waals surface area contributed by atoms with Crippen molar-refractivity contribution in [3.05, 3.63) is 7.05 Å². The molecular weight excluding hydrogens is 166 g/mol. The lowest BCUT2D eigenvalue weighted by molar-refractivity contribution is -0.0307. The van der Waals surface area contributed by atoms with Crippen LogP contribution >= 0.6 is 0 Å². The van der Waals surface area contributed by atoms with Gasteiger partial charge in [0.15, 0.2) is 0 Å². The van der Waals surface area contributed by atoms with Crippen LogP contribution in [0.3, 0.4) is 0 Å². The molecule has 0 saturated carbocycles. The summed E-state index contributed by atoms with van der Waals surface area (Å²) >= 11 is 0. The Labute approximate surface area is 80.7 Å². The van der Waals surface area contributed by atoms with Crippen LogP contribution in [0, 0.1) is 7.05 Å². The minimum Gasteiger partial charge on any atom is -0.394 e. The predicted molar refractivity (Wildman–Crippen MR) is 52.2 cm³/mol. The Bertz CT molecular complexity index is 140. The molecule has 0 bridgehead atoms. The van der Waals surface area contributed by atoms with Gasteiger partial charge in [0.05, 0.1) is 19.3 Å². The molecule has 0 amide bonds. The molecule has 1 rings (SSSR count). The maximum atomic E-state index is 8.63. The van der Waals surface area contributed by atoms with Crippen LogP contribution in [0.4, 0.5) is 0 Å². The summed E-state index contributed by atoms with van der Waals surface area (Å²) in [6, 6.07) is 0.958. The summed E-state index contributed by atoms with van der Waals surface area (Å²) in [7, 11) is 4.00. The minimum atomic E-state index is 0.118. The molecule has 13 heavy (non-hydrogen) atoms. The normalized spacial score (nSPS) is 36.5. The molecule has 1 saturated heterocycles. The van der Waals surface area contributed by atoms with Gasteiger partial charge in [0.1, 0.15) is 0 Å². The van der Waals surface area contributed by atoms with E-state index in [4.69, 9.17) is 9.84 Å². The summed E-state index contributed by atoms with van der Waals surface area (Å²) in [6.07, 6.45) is 2.34. The van der Waals surface area contributed by atoms with Crippen molar-refractivity contribution in [1.82, 2.24) is 4.90 Å². The third kappa shape index (κ3) is 2.93. The number of hydrogen-bond donors (Lipinski definition) is 1. The number of ether oxygens (including phenoxy) is 1. The van der Waals surface area contributed by atoms with E-state index in [1.54, 1.807) is 0 Å². The van der Waals surface area contributed by atoms with Crippen LogP contribution in [-0.2, 0) is 4.74 Å². The molecule has 0 aliphatic carbocycles. The highest BCUT2D eigenvalue weighted by Gasteiger charge is 2.28. The van der Waals surface area contributed by atoms with E-state index in [-0.39, 0.29) is 6.61 Å². The van der Waals surface area contributed by atoms with Gasteiger partial charge in [0.25, 0.3) is 0 Å². The van der Waals surface area contributed by atoms with E-state index in [1.807, 2.05) is 0 Å². The third-order valence-electron chi connectivity index (χ3n) is 2.79. The first-order valence-electron chi connectivity index (χ1n) is 4.96. The predicted octanol–water partition coefficient (Wildman–Crippen LogP) is 1.03. The number of nitrogens with zero attached hydrogens (tertiary/aromatic N) is 1. The van der Waals surface area contributed by atoms with E-state index in [0.29, 0.717) is 24.8 Å². The molecule has 0 spiro atoms.